The van der Waals surface area contributed by atoms with Gasteiger partial charge in [0.1, 0.15) is 0 Å². The standard InChI is InChI=1S/C25H30N2O6/c1-4-6-14-32-21-12-10-18(15-22(21)31-5-2)11-13-24(29)33-17-23(28)27-20-9-7-8-19(16-20)25(30)26-3/h7-13,15-16H,4-6,14,17H2,1-3H3,(H,26,30)(H,27,28)/b13-11+. The van der Waals surface area contributed by atoms with Crippen molar-refractivity contribution in [1.82, 2.24) is 5.32 Å². The van der Waals surface area contributed by atoms with Crippen LogP contribution in [-0.2, 0) is 14.3 Å². The number of esters is 1. The van der Waals surface area contributed by atoms with Crippen LogP contribution in [0.2, 0.25) is 0 Å². The van der Waals surface area contributed by atoms with Crippen molar-refractivity contribution in [2.75, 3.05) is 32.2 Å². The Morgan fingerprint density at radius 2 is 1.82 bits per heavy atom. The fraction of sp³-hybridized carbons (Fsp3) is 0.320. The van der Waals surface area contributed by atoms with Gasteiger partial charge in [-0.25, -0.2) is 4.79 Å². The number of amides is 2. The second-order valence-electron chi connectivity index (χ2n) is 6.99. The van der Waals surface area contributed by atoms with Crippen molar-refractivity contribution >= 4 is 29.5 Å². The number of benzene rings is 2. The van der Waals surface area contributed by atoms with Gasteiger partial charge in [-0.15, -0.1) is 0 Å². The minimum absolute atomic E-state index is 0.268. The van der Waals surface area contributed by atoms with Crippen LogP contribution in [0.25, 0.3) is 6.08 Å². The predicted octanol–water partition coefficient (Wildman–Crippen LogP) is 3.82. The Morgan fingerprint density at radius 3 is 2.55 bits per heavy atom. The molecule has 2 aromatic rings. The van der Waals surface area contributed by atoms with Crippen molar-refractivity contribution < 1.29 is 28.6 Å². The number of carbonyl (C=O) groups excluding carboxylic acids is 3. The number of unbranched alkanes of at least 4 members (excludes halogenated alkanes) is 1. The molecule has 0 aromatic heterocycles. The van der Waals surface area contributed by atoms with Crippen LogP contribution in [0.15, 0.2) is 48.5 Å². The predicted molar refractivity (Wildman–Crippen MR) is 126 cm³/mol. The van der Waals surface area contributed by atoms with Gasteiger partial charge in [-0.1, -0.05) is 25.5 Å². The summed E-state index contributed by atoms with van der Waals surface area (Å²) in [6, 6.07) is 11.8. The molecule has 0 aliphatic rings. The monoisotopic (exact) mass is 454 g/mol. The van der Waals surface area contributed by atoms with Crippen molar-refractivity contribution in [3.05, 3.63) is 59.7 Å². The summed E-state index contributed by atoms with van der Waals surface area (Å²) in [5.74, 6) is -0.191. The molecular weight excluding hydrogens is 424 g/mol. The second kappa shape index (κ2) is 13.6. The lowest BCUT2D eigenvalue weighted by Gasteiger charge is -2.12. The van der Waals surface area contributed by atoms with Crippen LogP contribution in [0, 0.1) is 0 Å². The molecule has 0 saturated carbocycles. The van der Waals surface area contributed by atoms with Crippen LogP contribution in [0.5, 0.6) is 11.5 Å². The van der Waals surface area contributed by atoms with E-state index in [9.17, 15) is 14.4 Å². The third-order valence-corrected chi connectivity index (χ3v) is 4.42. The number of anilines is 1. The number of nitrogens with one attached hydrogen (secondary N) is 2. The molecule has 2 aromatic carbocycles. The summed E-state index contributed by atoms with van der Waals surface area (Å²) in [6.45, 7) is 4.61. The number of ether oxygens (including phenoxy) is 3. The fourth-order valence-corrected chi connectivity index (χ4v) is 2.77. The molecule has 8 heteroatoms. The van der Waals surface area contributed by atoms with Crippen LogP contribution in [0.3, 0.4) is 0 Å². The summed E-state index contributed by atoms with van der Waals surface area (Å²) in [5, 5.41) is 5.10. The van der Waals surface area contributed by atoms with Crippen molar-refractivity contribution in [2.24, 2.45) is 0 Å². The molecule has 0 spiro atoms. The number of rotatable bonds is 12. The third-order valence-electron chi connectivity index (χ3n) is 4.42. The van der Waals surface area contributed by atoms with Gasteiger partial charge in [0.2, 0.25) is 0 Å². The van der Waals surface area contributed by atoms with Crippen LogP contribution < -0.4 is 20.1 Å². The zero-order chi connectivity index (χ0) is 24.1. The van der Waals surface area contributed by atoms with E-state index in [-0.39, 0.29) is 5.91 Å². The molecule has 2 rings (SSSR count). The van der Waals surface area contributed by atoms with Gasteiger partial charge in [0.05, 0.1) is 13.2 Å². The Hall–Kier alpha value is -3.81. The second-order valence-corrected chi connectivity index (χ2v) is 6.99. The minimum atomic E-state index is -0.662. The smallest absolute Gasteiger partial charge is 0.331 e. The molecule has 0 unspecified atom stereocenters. The molecule has 0 heterocycles. The van der Waals surface area contributed by atoms with E-state index < -0.39 is 18.5 Å². The summed E-state index contributed by atoms with van der Waals surface area (Å²) < 4.78 is 16.4. The number of hydrogen-bond donors (Lipinski definition) is 2. The van der Waals surface area contributed by atoms with Crippen LogP contribution in [-0.4, -0.2) is 44.7 Å². The number of carbonyl (C=O) groups is 3. The molecule has 0 atom stereocenters. The third kappa shape index (κ3) is 8.68. The average molecular weight is 455 g/mol. The normalized spacial score (nSPS) is 10.5. The van der Waals surface area contributed by atoms with Gasteiger partial charge in [-0.05, 0) is 55.3 Å². The van der Waals surface area contributed by atoms with Gasteiger partial charge < -0.3 is 24.8 Å². The topological polar surface area (TPSA) is 103 Å². The molecule has 0 saturated heterocycles. The van der Waals surface area contributed by atoms with E-state index in [1.165, 1.54) is 19.2 Å². The van der Waals surface area contributed by atoms with Crippen LogP contribution in [0.1, 0.15) is 42.6 Å². The van der Waals surface area contributed by atoms with Crippen molar-refractivity contribution in [1.29, 1.82) is 0 Å². The van der Waals surface area contributed by atoms with Gasteiger partial charge >= 0.3 is 5.97 Å². The highest BCUT2D eigenvalue weighted by molar-refractivity contribution is 5.98. The molecule has 8 nitrogen and oxygen atoms in total. The quantitative estimate of drug-likeness (QED) is 0.287. The SMILES string of the molecule is CCCCOc1ccc(/C=C/C(=O)OCC(=O)Nc2cccc(C(=O)NC)c2)cc1OCC. The first-order valence-corrected chi connectivity index (χ1v) is 10.8. The molecule has 0 aliphatic heterocycles. The van der Waals surface area contributed by atoms with E-state index in [1.54, 1.807) is 42.5 Å². The van der Waals surface area contributed by atoms with Crippen LogP contribution >= 0.6 is 0 Å². The molecule has 176 valence electrons. The van der Waals surface area contributed by atoms with Crippen molar-refractivity contribution in [2.45, 2.75) is 26.7 Å². The zero-order valence-electron chi connectivity index (χ0n) is 19.2. The molecule has 33 heavy (non-hydrogen) atoms. The molecule has 2 amide bonds. The average Bonchev–Trinajstić information content (AvgIpc) is 2.82. The Morgan fingerprint density at radius 1 is 1.00 bits per heavy atom. The first kappa shape index (κ1) is 25.5. The van der Waals surface area contributed by atoms with Crippen LogP contribution in [0.4, 0.5) is 5.69 Å². The zero-order valence-corrected chi connectivity index (χ0v) is 19.2. The van der Waals surface area contributed by atoms with Crippen molar-refractivity contribution in [3.63, 3.8) is 0 Å². The Labute approximate surface area is 193 Å². The van der Waals surface area contributed by atoms with E-state index in [0.717, 1.165) is 18.4 Å². The molecule has 0 aliphatic carbocycles. The minimum Gasteiger partial charge on any atom is -0.490 e. The Bertz CT molecular complexity index is 987. The summed E-state index contributed by atoms with van der Waals surface area (Å²) in [7, 11) is 1.52. The van der Waals surface area contributed by atoms with E-state index in [0.29, 0.717) is 36.0 Å². The van der Waals surface area contributed by atoms with E-state index >= 15 is 0 Å². The van der Waals surface area contributed by atoms with E-state index in [4.69, 9.17) is 14.2 Å². The highest BCUT2D eigenvalue weighted by Gasteiger charge is 2.09. The van der Waals surface area contributed by atoms with E-state index in [2.05, 4.69) is 17.6 Å². The molecule has 0 fully saturated rings. The maximum absolute atomic E-state index is 12.1. The lowest BCUT2D eigenvalue weighted by Crippen LogP contribution is -2.21. The Kier molecular flexibility index (Phi) is 10.5. The van der Waals surface area contributed by atoms with Gasteiger partial charge in [0, 0.05) is 24.4 Å². The molecule has 0 bridgehead atoms. The number of hydrogen-bond acceptors (Lipinski definition) is 6. The largest absolute Gasteiger partial charge is 0.490 e. The molecule has 0 radical (unpaired) electrons. The highest BCUT2D eigenvalue weighted by atomic mass is 16.5. The molecule has 2 N–H and O–H groups in total. The summed E-state index contributed by atoms with van der Waals surface area (Å²) in [4.78, 5) is 35.7. The van der Waals surface area contributed by atoms with Gasteiger partial charge in [-0.3, -0.25) is 9.59 Å². The first-order valence-electron chi connectivity index (χ1n) is 10.8. The summed E-state index contributed by atoms with van der Waals surface area (Å²) >= 11 is 0. The summed E-state index contributed by atoms with van der Waals surface area (Å²) in [5.41, 5.74) is 1.56. The fourth-order valence-electron chi connectivity index (χ4n) is 2.77. The van der Waals surface area contributed by atoms with E-state index in [1.807, 2.05) is 6.92 Å². The highest BCUT2D eigenvalue weighted by Crippen LogP contribution is 2.29. The van der Waals surface area contributed by atoms with Gasteiger partial charge in [0.25, 0.3) is 11.8 Å². The lowest BCUT2D eigenvalue weighted by atomic mass is 10.2. The van der Waals surface area contributed by atoms with Gasteiger partial charge in [-0.2, -0.15) is 0 Å². The summed E-state index contributed by atoms with van der Waals surface area (Å²) in [6.07, 6.45) is 4.80. The first-order chi connectivity index (χ1) is 16.0. The lowest BCUT2D eigenvalue weighted by molar-refractivity contribution is -0.142. The Balaban J connectivity index is 1.89. The maximum atomic E-state index is 12.1. The maximum Gasteiger partial charge on any atom is 0.331 e. The molecular formula is C25H30N2O6. The van der Waals surface area contributed by atoms with Crippen molar-refractivity contribution in [3.8, 4) is 11.5 Å². The van der Waals surface area contributed by atoms with Gasteiger partial charge in [0.15, 0.2) is 18.1 Å².